The van der Waals surface area contributed by atoms with Crippen molar-refractivity contribution in [3.8, 4) is 0 Å². The van der Waals surface area contributed by atoms with Crippen molar-refractivity contribution in [1.82, 2.24) is 5.32 Å². The fourth-order valence-corrected chi connectivity index (χ4v) is 2.84. The third-order valence-corrected chi connectivity index (χ3v) is 4.20. The van der Waals surface area contributed by atoms with Crippen LogP contribution in [0, 0.1) is 0 Å². The van der Waals surface area contributed by atoms with E-state index in [1.807, 2.05) is 18.2 Å². The Kier molecular flexibility index (Phi) is 4.69. The van der Waals surface area contributed by atoms with Crippen LogP contribution in [0.5, 0.6) is 0 Å². The molecular formula is C19H23NO. The average molecular weight is 281 g/mol. The topological polar surface area (TPSA) is 32.3 Å². The van der Waals surface area contributed by atoms with E-state index in [-0.39, 0.29) is 12.6 Å². The first-order chi connectivity index (χ1) is 10.4. The smallest absolute Gasteiger partial charge is 0.0587 e. The van der Waals surface area contributed by atoms with Gasteiger partial charge in [0.1, 0.15) is 0 Å². The SMILES string of the molecule is OCC(Cc1ccccc1)NCc1ccccc1C1CC1. The monoisotopic (exact) mass is 281 g/mol. The lowest BCUT2D eigenvalue weighted by molar-refractivity contribution is 0.240. The second-order valence-corrected chi connectivity index (χ2v) is 5.92. The second-order valence-electron chi connectivity index (χ2n) is 5.92. The summed E-state index contributed by atoms with van der Waals surface area (Å²) in [6, 6.07) is 19.1. The lowest BCUT2D eigenvalue weighted by Crippen LogP contribution is -2.34. The van der Waals surface area contributed by atoms with Gasteiger partial charge in [-0.15, -0.1) is 0 Å². The highest BCUT2D eigenvalue weighted by Crippen LogP contribution is 2.41. The summed E-state index contributed by atoms with van der Waals surface area (Å²) in [6.45, 7) is 1.01. The van der Waals surface area contributed by atoms with Crippen molar-refractivity contribution in [2.45, 2.75) is 37.8 Å². The molecule has 0 aliphatic heterocycles. The first-order valence-electron chi connectivity index (χ1n) is 7.83. The van der Waals surface area contributed by atoms with E-state index < -0.39 is 0 Å². The quantitative estimate of drug-likeness (QED) is 0.816. The zero-order valence-corrected chi connectivity index (χ0v) is 12.3. The van der Waals surface area contributed by atoms with Crippen molar-refractivity contribution in [2.24, 2.45) is 0 Å². The van der Waals surface area contributed by atoms with Gasteiger partial charge in [-0.3, -0.25) is 0 Å². The van der Waals surface area contributed by atoms with Gasteiger partial charge >= 0.3 is 0 Å². The van der Waals surface area contributed by atoms with Crippen molar-refractivity contribution < 1.29 is 5.11 Å². The number of hydrogen-bond donors (Lipinski definition) is 2. The predicted molar refractivity (Wildman–Crippen MR) is 86.3 cm³/mol. The number of benzene rings is 2. The fourth-order valence-electron chi connectivity index (χ4n) is 2.84. The third-order valence-electron chi connectivity index (χ3n) is 4.20. The molecule has 0 bridgehead atoms. The van der Waals surface area contributed by atoms with Gasteiger partial charge in [-0.1, -0.05) is 54.6 Å². The number of hydrogen-bond acceptors (Lipinski definition) is 2. The summed E-state index contributed by atoms with van der Waals surface area (Å²) in [7, 11) is 0. The minimum atomic E-state index is 0.111. The van der Waals surface area contributed by atoms with Crippen LogP contribution in [0.1, 0.15) is 35.4 Å². The number of nitrogens with one attached hydrogen (secondary N) is 1. The molecule has 2 aromatic rings. The number of aliphatic hydroxyl groups is 1. The van der Waals surface area contributed by atoms with E-state index in [9.17, 15) is 5.11 Å². The number of aliphatic hydroxyl groups excluding tert-OH is 1. The molecule has 1 unspecified atom stereocenters. The van der Waals surface area contributed by atoms with Crippen molar-refractivity contribution in [1.29, 1.82) is 0 Å². The zero-order valence-electron chi connectivity index (χ0n) is 12.3. The van der Waals surface area contributed by atoms with Crippen LogP contribution >= 0.6 is 0 Å². The Labute approximate surface area is 126 Å². The van der Waals surface area contributed by atoms with Gasteiger partial charge in [-0.05, 0) is 41.9 Å². The summed E-state index contributed by atoms with van der Waals surface area (Å²) in [4.78, 5) is 0. The van der Waals surface area contributed by atoms with Gasteiger partial charge in [-0.2, -0.15) is 0 Å². The van der Waals surface area contributed by atoms with Gasteiger partial charge in [0.15, 0.2) is 0 Å². The molecule has 2 nitrogen and oxygen atoms in total. The Hall–Kier alpha value is -1.64. The highest BCUT2D eigenvalue weighted by molar-refractivity contribution is 5.33. The van der Waals surface area contributed by atoms with Crippen LogP contribution in [0.3, 0.4) is 0 Å². The Bertz CT molecular complexity index is 563. The molecule has 1 aliphatic carbocycles. The number of rotatable bonds is 7. The van der Waals surface area contributed by atoms with E-state index >= 15 is 0 Å². The third kappa shape index (κ3) is 3.93. The van der Waals surface area contributed by atoms with Crippen LogP contribution in [-0.4, -0.2) is 17.8 Å². The minimum absolute atomic E-state index is 0.111. The molecule has 2 aromatic carbocycles. The van der Waals surface area contributed by atoms with Crippen LogP contribution in [0.4, 0.5) is 0 Å². The van der Waals surface area contributed by atoms with E-state index in [4.69, 9.17) is 0 Å². The summed E-state index contributed by atoms with van der Waals surface area (Å²) in [5.41, 5.74) is 4.13. The van der Waals surface area contributed by atoms with E-state index in [2.05, 4.69) is 41.7 Å². The summed E-state index contributed by atoms with van der Waals surface area (Å²) < 4.78 is 0. The van der Waals surface area contributed by atoms with E-state index in [1.54, 1.807) is 0 Å². The Balaban J connectivity index is 1.60. The molecule has 0 saturated heterocycles. The van der Waals surface area contributed by atoms with Gasteiger partial charge in [0.25, 0.3) is 0 Å². The van der Waals surface area contributed by atoms with Crippen LogP contribution in [0.25, 0.3) is 0 Å². The summed E-state index contributed by atoms with van der Waals surface area (Å²) in [5.74, 6) is 0.768. The van der Waals surface area contributed by atoms with Gasteiger partial charge in [0.2, 0.25) is 0 Å². The van der Waals surface area contributed by atoms with Gasteiger partial charge in [-0.25, -0.2) is 0 Å². The molecule has 110 valence electrons. The van der Waals surface area contributed by atoms with Gasteiger partial charge < -0.3 is 10.4 Å². The molecule has 1 atom stereocenters. The lowest BCUT2D eigenvalue weighted by atomic mass is 10.0. The largest absolute Gasteiger partial charge is 0.395 e. The van der Waals surface area contributed by atoms with E-state index in [1.165, 1.54) is 29.5 Å². The first-order valence-corrected chi connectivity index (χ1v) is 7.83. The Morgan fingerprint density at radius 1 is 1.00 bits per heavy atom. The Morgan fingerprint density at radius 3 is 2.43 bits per heavy atom. The second kappa shape index (κ2) is 6.88. The van der Waals surface area contributed by atoms with Crippen LogP contribution in [0.2, 0.25) is 0 Å². The molecule has 1 aliphatic rings. The molecule has 0 aromatic heterocycles. The van der Waals surface area contributed by atoms with Gasteiger partial charge in [0, 0.05) is 12.6 Å². The van der Waals surface area contributed by atoms with E-state index in [0.717, 1.165) is 18.9 Å². The molecule has 0 spiro atoms. The molecule has 1 fully saturated rings. The highest BCUT2D eigenvalue weighted by atomic mass is 16.3. The zero-order chi connectivity index (χ0) is 14.5. The van der Waals surface area contributed by atoms with Gasteiger partial charge in [0.05, 0.1) is 6.61 Å². The van der Waals surface area contributed by atoms with Crippen molar-refractivity contribution in [3.05, 3.63) is 71.3 Å². The first kappa shape index (κ1) is 14.3. The minimum Gasteiger partial charge on any atom is -0.395 e. The van der Waals surface area contributed by atoms with Crippen LogP contribution in [-0.2, 0) is 13.0 Å². The molecule has 0 heterocycles. The molecule has 21 heavy (non-hydrogen) atoms. The summed E-state index contributed by atoms with van der Waals surface area (Å²) in [5, 5.41) is 13.1. The molecule has 1 saturated carbocycles. The van der Waals surface area contributed by atoms with Crippen LogP contribution < -0.4 is 5.32 Å². The van der Waals surface area contributed by atoms with Crippen LogP contribution in [0.15, 0.2) is 54.6 Å². The van der Waals surface area contributed by atoms with Crippen molar-refractivity contribution in [2.75, 3.05) is 6.61 Å². The lowest BCUT2D eigenvalue weighted by Gasteiger charge is -2.18. The average Bonchev–Trinajstić information content (AvgIpc) is 3.37. The molecule has 3 rings (SSSR count). The van der Waals surface area contributed by atoms with Crippen molar-refractivity contribution in [3.63, 3.8) is 0 Å². The maximum Gasteiger partial charge on any atom is 0.0587 e. The maximum absolute atomic E-state index is 9.59. The van der Waals surface area contributed by atoms with E-state index in [0.29, 0.717) is 0 Å². The summed E-state index contributed by atoms with van der Waals surface area (Å²) >= 11 is 0. The maximum atomic E-state index is 9.59. The summed E-state index contributed by atoms with van der Waals surface area (Å²) in [6.07, 6.45) is 3.51. The normalized spacial score (nSPS) is 15.9. The highest BCUT2D eigenvalue weighted by Gasteiger charge is 2.25. The van der Waals surface area contributed by atoms with Crippen molar-refractivity contribution >= 4 is 0 Å². The molecule has 2 heteroatoms. The Morgan fingerprint density at radius 2 is 1.71 bits per heavy atom. The molecule has 2 N–H and O–H groups in total. The fraction of sp³-hybridized carbons (Fsp3) is 0.368. The molecule has 0 radical (unpaired) electrons. The predicted octanol–water partition coefficient (Wildman–Crippen LogP) is 3.26. The standard InChI is InChI=1S/C19H23NO/c21-14-18(12-15-6-2-1-3-7-15)20-13-17-8-4-5-9-19(17)16-10-11-16/h1-9,16,18,20-21H,10-14H2. The molecule has 0 amide bonds. The molecular weight excluding hydrogens is 258 g/mol.